The number of methoxy groups -OCH3 is 1. The number of ether oxygens (including phenoxy) is 5. The minimum atomic E-state index is -1.56. The summed E-state index contributed by atoms with van der Waals surface area (Å²) in [5, 5.41) is 39.3. The summed E-state index contributed by atoms with van der Waals surface area (Å²) in [4.78, 5) is 12.6. The Morgan fingerprint density at radius 1 is 1.19 bits per heavy atom. The number of rotatable bonds is 5. The Kier molecular flexibility index (Phi) is 4.80. The molecule has 0 spiro atoms. The van der Waals surface area contributed by atoms with Crippen LogP contribution in [0.4, 0.5) is 0 Å². The van der Waals surface area contributed by atoms with Crippen molar-refractivity contribution >= 4 is 5.78 Å². The van der Waals surface area contributed by atoms with E-state index >= 15 is 0 Å². The lowest BCUT2D eigenvalue weighted by Gasteiger charge is -2.43. The molecule has 10 nitrogen and oxygen atoms in total. The molecule has 0 unspecified atom stereocenters. The highest BCUT2D eigenvalue weighted by atomic mass is 16.8. The zero-order chi connectivity index (χ0) is 19.5. The van der Waals surface area contributed by atoms with E-state index in [4.69, 9.17) is 23.7 Å². The Balaban J connectivity index is 1.56. The normalized spacial score (nSPS) is 51.3. The summed E-state index contributed by atoms with van der Waals surface area (Å²) in [6, 6.07) is 0. The minimum Gasteiger partial charge on any atom is -0.472 e. The van der Waals surface area contributed by atoms with Crippen LogP contribution in [0.3, 0.4) is 0 Å². The van der Waals surface area contributed by atoms with Crippen molar-refractivity contribution in [1.29, 1.82) is 0 Å². The summed E-state index contributed by atoms with van der Waals surface area (Å²) < 4.78 is 27.5. The van der Waals surface area contributed by atoms with E-state index in [1.807, 2.05) is 0 Å². The number of fused-ring (bicyclic) bond motifs is 3. The largest absolute Gasteiger partial charge is 0.472 e. The Labute approximate surface area is 155 Å². The van der Waals surface area contributed by atoms with Gasteiger partial charge in [-0.15, -0.1) is 0 Å². The summed E-state index contributed by atoms with van der Waals surface area (Å²) in [5.41, 5.74) is -0.0773. The molecule has 0 radical (unpaired) electrons. The standard InChI is InChI=1S/C17H24O10/c1-17-9-8(11(20)14(17)27-17)6(4-23-2)5-24-15(9)26-16-13(22)12(21)10(19)7(3-18)25-16/h5,7-10,12-16,18-19,21-22H,3-4H2,1-2H3/t7-,8-,9-,10-,12+,13+,14+,15+,16-,17-/m1/s1. The van der Waals surface area contributed by atoms with Gasteiger partial charge in [-0.3, -0.25) is 4.79 Å². The Hall–Kier alpha value is -1.11. The third-order valence-corrected chi connectivity index (χ3v) is 5.90. The molecular formula is C17H24O10. The van der Waals surface area contributed by atoms with Gasteiger partial charge in [0.05, 0.1) is 31.3 Å². The highest BCUT2D eigenvalue weighted by Gasteiger charge is 2.75. The number of aliphatic hydroxyl groups excluding tert-OH is 4. The Morgan fingerprint density at radius 3 is 2.59 bits per heavy atom. The van der Waals surface area contributed by atoms with Crippen molar-refractivity contribution in [3.05, 3.63) is 11.8 Å². The van der Waals surface area contributed by atoms with Crippen molar-refractivity contribution in [2.75, 3.05) is 20.3 Å². The van der Waals surface area contributed by atoms with Crippen LogP contribution in [0.1, 0.15) is 6.92 Å². The van der Waals surface area contributed by atoms with Gasteiger partial charge in [-0.25, -0.2) is 0 Å². The lowest BCUT2D eigenvalue weighted by molar-refractivity contribution is -0.343. The number of hydrogen-bond acceptors (Lipinski definition) is 10. The molecular weight excluding hydrogens is 364 g/mol. The van der Waals surface area contributed by atoms with Crippen LogP contribution >= 0.6 is 0 Å². The van der Waals surface area contributed by atoms with E-state index in [-0.39, 0.29) is 12.4 Å². The van der Waals surface area contributed by atoms with Gasteiger partial charge in [-0.1, -0.05) is 0 Å². The van der Waals surface area contributed by atoms with Gasteiger partial charge >= 0.3 is 0 Å². The van der Waals surface area contributed by atoms with Gasteiger partial charge in [0.15, 0.2) is 12.1 Å². The molecule has 0 aromatic rings. The van der Waals surface area contributed by atoms with Crippen LogP contribution in [0.2, 0.25) is 0 Å². The molecule has 4 rings (SSSR count). The second kappa shape index (κ2) is 6.75. The number of hydrogen-bond donors (Lipinski definition) is 4. The van der Waals surface area contributed by atoms with Crippen molar-refractivity contribution in [2.45, 2.75) is 55.6 Å². The second-order valence-corrected chi connectivity index (χ2v) is 7.55. The maximum atomic E-state index is 12.6. The third kappa shape index (κ3) is 2.83. The van der Waals surface area contributed by atoms with Crippen LogP contribution in [-0.2, 0) is 28.5 Å². The molecule has 3 fully saturated rings. The molecule has 27 heavy (non-hydrogen) atoms. The fourth-order valence-electron chi connectivity index (χ4n) is 4.36. The average Bonchev–Trinajstić information content (AvgIpc) is 3.29. The minimum absolute atomic E-state index is 0.0727. The molecule has 1 saturated carbocycles. The molecule has 3 heterocycles. The molecule has 0 amide bonds. The smallest absolute Gasteiger partial charge is 0.208 e. The van der Waals surface area contributed by atoms with Crippen LogP contribution in [0.15, 0.2) is 11.8 Å². The first kappa shape index (κ1) is 19.2. The van der Waals surface area contributed by atoms with Crippen LogP contribution in [-0.4, -0.2) is 95.2 Å². The zero-order valence-electron chi connectivity index (χ0n) is 14.9. The van der Waals surface area contributed by atoms with Gasteiger partial charge < -0.3 is 44.1 Å². The molecule has 10 heteroatoms. The molecule has 3 aliphatic heterocycles. The molecule has 1 aliphatic carbocycles. The average molecular weight is 388 g/mol. The Bertz CT molecular complexity index is 635. The van der Waals surface area contributed by atoms with Crippen molar-refractivity contribution in [2.24, 2.45) is 11.8 Å². The number of carbonyl (C=O) groups excluding carboxylic acids is 1. The van der Waals surface area contributed by atoms with Crippen molar-refractivity contribution < 1.29 is 48.9 Å². The Morgan fingerprint density at radius 2 is 1.93 bits per heavy atom. The lowest BCUT2D eigenvalue weighted by atomic mass is 9.82. The van der Waals surface area contributed by atoms with Gasteiger partial charge in [0.2, 0.25) is 6.29 Å². The summed E-state index contributed by atoms with van der Waals surface area (Å²) in [5.74, 6) is -1.06. The number of ketones is 1. The van der Waals surface area contributed by atoms with Crippen LogP contribution in [0, 0.1) is 11.8 Å². The van der Waals surface area contributed by atoms with E-state index in [1.165, 1.54) is 13.4 Å². The lowest BCUT2D eigenvalue weighted by Crippen LogP contribution is -2.60. The second-order valence-electron chi connectivity index (χ2n) is 7.55. The topological polar surface area (TPSA) is 147 Å². The maximum Gasteiger partial charge on any atom is 0.208 e. The van der Waals surface area contributed by atoms with Crippen LogP contribution < -0.4 is 0 Å². The van der Waals surface area contributed by atoms with Crippen molar-refractivity contribution in [1.82, 2.24) is 0 Å². The first-order valence-electron chi connectivity index (χ1n) is 8.84. The number of Topliss-reactive ketones (excluding diaryl/α,β-unsaturated/α-hetero) is 1. The SMILES string of the molecule is COCC1=CO[C@@H](O[C@H]2O[C@H](CO)[C@@H](O)[C@H](O)[C@@H]2O)[C@H]2[C@@H]1C(=O)[C@@H]1O[C@]21C. The summed E-state index contributed by atoms with van der Waals surface area (Å²) in [6.45, 7) is 1.45. The van der Waals surface area contributed by atoms with E-state index in [0.29, 0.717) is 5.57 Å². The highest BCUT2D eigenvalue weighted by molar-refractivity contribution is 5.95. The molecule has 152 valence electrons. The zero-order valence-corrected chi connectivity index (χ0v) is 14.9. The van der Waals surface area contributed by atoms with Gasteiger partial charge in [-0.05, 0) is 6.92 Å². The summed E-state index contributed by atoms with van der Waals surface area (Å²) in [6.07, 6.45) is -7.20. The van der Waals surface area contributed by atoms with E-state index in [9.17, 15) is 25.2 Å². The number of epoxide rings is 1. The monoisotopic (exact) mass is 388 g/mol. The van der Waals surface area contributed by atoms with Gasteiger partial charge in [-0.2, -0.15) is 0 Å². The van der Waals surface area contributed by atoms with Gasteiger partial charge in [0.25, 0.3) is 0 Å². The third-order valence-electron chi connectivity index (χ3n) is 5.90. The predicted molar refractivity (Wildman–Crippen MR) is 84.9 cm³/mol. The number of aliphatic hydroxyl groups is 4. The van der Waals surface area contributed by atoms with Crippen molar-refractivity contribution in [3.8, 4) is 0 Å². The summed E-state index contributed by atoms with van der Waals surface area (Å²) in [7, 11) is 1.52. The molecule has 10 atom stereocenters. The van der Waals surface area contributed by atoms with Crippen LogP contribution in [0.25, 0.3) is 0 Å². The molecule has 4 N–H and O–H groups in total. The molecule has 0 aromatic carbocycles. The maximum absolute atomic E-state index is 12.6. The van der Waals surface area contributed by atoms with Gasteiger partial charge in [0.1, 0.15) is 36.1 Å². The van der Waals surface area contributed by atoms with E-state index in [2.05, 4.69) is 0 Å². The van der Waals surface area contributed by atoms with E-state index < -0.39 is 67.1 Å². The van der Waals surface area contributed by atoms with Crippen molar-refractivity contribution in [3.63, 3.8) is 0 Å². The van der Waals surface area contributed by atoms with Crippen LogP contribution in [0.5, 0.6) is 0 Å². The first-order valence-corrected chi connectivity index (χ1v) is 8.84. The number of carbonyl (C=O) groups is 1. The summed E-state index contributed by atoms with van der Waals surface area (Å²) >= 11 is 0. The first-order chi connectivity index (χ1) is 12.8. The molecule has 0 bridgehead atoms. The fraction of sp³-hybridized carbons (Fsp3) is 0.824. The highest BCUT2D eigenvalue weighted by Crippen LogP contribution is 2.59. The fourth-order valence-corrected chi connectivity index (χ4v) is 4.36. The van der Waals surface area contributed by atoms with E-state index in [0.717, 1.165) is 0 Å². The van der Waals surface area contributed by atoms with Gasteiger partial charge in [0, 0.05) is 12.7 Å². The molecule has 0 aromatic heterocycles. The predicted octanol–water partition coefficient (Wildman–Crippen LogP) is -2.34. The molecule has 2 saturated heterocycles. The molecule has 4 aliphatic rings. The quantitative estimate of drug-likeness (QED) is 0.378. The van der Waals surface area contributed by atoms with E-state index in [1.54, 1.807) is 6.92 Å².